The molecule has 1 aliphatic heterocycles. The minimum atomic E-state index is -0.0336. The first-order valence-corrected chi connectivity index (χ1v) is 10.9. The third kappa shape index (κ3) is 3.72. The van der Waals surface area contributed by atoms with Crippen LogP contribution in [-0.4, -0.2) is 39.8 Å². The van der Waals surface area contributed by atoms with E-state index >= 15 is 0 Å². The number of hydrogen-bond acceptors (Lipinski definition) is 4. The van der Waals surface area contributed by atoms with Gasteiger partial charge in [0.15, 0.2) is 0 Å². The summed E-state index contributed by atoms with van der Waals surface area (Å²) in [6, 6.07) is 6.34. The first-order valence-electron chi connectivity index (χ1n) is 10.0. The smallest absolute Gasteiger partial charge is 0.227 e. The van der Waals surface area contributed by atoms with Gasteiger partial charge in [-0.3, -0.25) is 9.59 Å². The molecule has 1 N–H and O–H groups in total. The summed E-state index contributed by atoms with van der Waals surface area (Å²) in [5.41, 5.74) is 3.87. The molecule has 1 saturated carbocycles. The molecule has 0 bridgehead atoms. The summed E-state index contributed by atoms with van der Waals surface area (Å²) in [6.45, 7) is 2.87. The number of aromatic nitrogens is 1. The van der Waals surface area contributed by atoms with Crippen LogP contribution in [0.1, 0.15) is 57.4 Å². The first-order chi connectivity index (χ1) is 13.1. The van der Waals surface area contributed by atoms with Gasteiger partial charge in [-0.1, -0.05) is 13.0 Å². The molecule has 144 valence electrons. The maximum atomic E-state index is 13.1. The summed E-state index contributed by atoms with van der Waals surface area (Å²) in [5, 5.41) is 3.13. The Morgan fingerprint density at radius 3 is 3.00 bits per heavy atom. The molecule has 6 heteroatoms. The fourth-order valence-electron chi connectivity index (χ4n) is 4.68. The summed E-state index contributed by atoms with van der Waals surface area (Å²) in [6.07, 6.45) is 7.03. The Bertz CT molecular complexity index is 841. The molecule has 1 saturated heterocycles. The summed E-state index contributed by atoms with van der Waals surface area (Å²) in [5.74, 6) is 0.362. The number of benzene rings is 1. The number of hydrogen-bond donors (Lipinski definition) is 1. The van der Waals surface area contributed by atoms with E-state index in [4.69, 9.17) is 0 Å². The Hall–Kier alpha value is -1.95. The van der Waals surface area contributed by atoms with Gasteiger partial charge in [-0.15, -0.1) is 11.3 Å². The third-order valence-corrected chi connectivity index (χ3v) is 6.79. The average Bonchev–Trinajstić information content (AvgIpc) is 3.08. The van der Waals surface area contributed by atoms with Gasteiger partial charge in [0.25, 0.3) is 0 Å². The van der Waals surface area contributed by atoms with Crippen molar-refractivity contribution in [3.05, 3.63) is 29.3 Å². The molecule has 2 heterocycles. The molecule has 2 aromatic rings. The van der Waals surface area contributed by atoms with Crippen LogP contribution in [0.3, 0.4) is 0 Å². The number of carbonyl (C=O) groups excluding carboxylic acids is 2. The van der Waals surface area contributed by atoms with Crippen molar-refractivity contribution in [1.82, 2.24) is 15.2 Å². The molecule has 1 aromatic carbocycles. The van der Waals surface area contributed by atoms with E-state index in [2.05, 4.69) is 21.3 Å². The molecule has 0 atom stereocenters. The molecule has 27 heavy (non-hydrogen) atoms. The lowest BCUT2D eigenvalue weighted by Crippen LogP contribution is -2.66. The number of amides is 2. The predicted octanol–water partition coefficient (Wildman–Crippen LogP) is 3.67. The van der Waals surface area contributed by atoms with E-state index in [0.717, 1.165) is 54.4 Å². The highest BCUT2D eigenvalue weighted by atomic mass is 32.1. The van der Waals surface area contributed by atoms with E-state index in [-0.39, 0.29) is 23.4 Å². The van der Waals surface area contributed by atoms with Crippen molar-refractivity contribution >= 4 is 33.4 Å². The Morgan fingerprint density at radius 2 is 2.19 bits per heavy atom. The monoisotopic (exact) mass is 385 g/mol. The zero-order valence-electron chi connectivity index (χ0n) is 15.9. The highest BCUT2D eigenvalue weighted by Crippen LogP contribution is 2.45. The van der Waals surface area contributed by atoms with Gasteiger partial charge in [0, 0.05) is 24.5 Å². The molecular formula is C21H27N3O2S. The zero-order valence-corrected chi connectivity index (χ0v) is 16.7. The van der Waals surface area contributed by atoms with Crippen LogP contribution < -0.4 is 5.32 Å². The standard InChI is InChI=1S/C21H27N3O2S/c1-2-5-19(25)23-16-12-21(13-16)8-3-4-9-24(21)20(26)11-15-6-7-17-18(10-15)27-14-22-17/h6-7,10,14,16H,2-5,8-9,11-13H2,1H3,(H,23,25). The van der Waals surface area contributed by atoms with Crippen LogP contribution in [0.4, 0.5) is 0 Å². The second-order valence-electron chi connectivity index (χ2n) is 7.98. The lowest BCUT2D eigenvalue weighted by atomic mass is 9.66. The van der Waals surface area contributed by atoms with Crippen molar-refractivity contribution in [3.63, 3.8) is 0 Å². The largest absolute Gasteiger partial charge is 0.353 e. The van der Waals surface area contributed by atoms with Gasteiger partial charge in [0.05, 0.1) is 22.1 Å². The van der Waals surface area contributed by atoms with Gasteiger partial charge in [-0.05, 0) is 56.2 Å². The maximum Gasteiger partial charge on any atom is 0.227 e. The molecule has 5 nitrogen and oxygen atoms in total. The molecule has 1 spiro atoms. The number of nitrogens with one attached hydrogen (secondary N) is 1. The van der Waals surface area contributed by atoms with E-state index < -0.39 is 0 Å². The topological polar surface area (TPSA) is 62.3 Å². The van der Waals surface area contributed by atoms with Crippen molar-refractivity contribution in [2.75, 3.05) is 6.54 Å². The van der Waals surface area contributed by atoms with E-state index in [1.54, 1.807) is 11.3 Å². The zero-order chi connectivity index (χ0) is 18.9. The molecule has 1 aliphatic carbocycles. The van der Waals surface area contributed by atoms with Gasteiger partial charge in [-0.25, -0.2) is 4.98 Å². The predicted molar refractivity (Wildman–Crippen MR) is 108 cm³/mol. The Balaban J connectivity index is 1.41. The van der Waals surface area contributed by atoms with Crippen LogP contribution in [0.25, 0.3) is 10.2 Å². The number of fused-ring (bicyclic) bond motifs is 1. The van der Waals surface area contributed by atoms with Crippen molar-refractivity contribution in [3.8, 4) is 0 Å². The van der Waals surface area contributed by atoms with Crippen LogP contribution in [0.2, 0.25) is 0 Å². The highest BCUT2D eigenvalue weighted by molar-refractivity contribution is 7.16. The lowest BCUT2D eigenvalue weighted by Gasteiger charge is -2.56. The van der Waals surface area contributed by atoms with Crippen molar-refractivity contribution in [1.29, 1.82) is 0 Å². The van der Waals surface area contributed by atoms with Crippen LogP contribution in [-0.2, 0) is 16.0 Å². The molecule has 2 amide bonds. The Labute approximate surface area is 164 Å². The van der Waals surface area contributed by atoms with E-state index in [1.165, 1.54) is 6.42 Å². The summed E-state index contributed by atoms with van der Waals surface area (Å²) < 4.78 is 1.14. The number of rotatable bonds is 5. The summed E-state index contributed by atoms with van der Waals surface area (Å²) in [4.78, 5) is 31.4. The fraction of sp³-hybridized carbons (Fsp3) is 0.571. The minimum absolute atomic E-state index is 0.0336. The lowest BCUT2D eigenvalue weighted by molar-refractivity contribution is -0.146. The maximum absolute atomic E-state index is 13.1. The molecule has 1 aromatic heterocycles. The van der Waals surface area contributed by atoms with Crippen molar-refractivity contribution in [2.24, 2.45) is 0 Å². The van der Waals surface area contributed by atoms with E-state index in [1.807, 2.05) is 24.6 Å². The van der Waals surface area contributed by atoms with Crippen LogP contribution >= 0.6 is 11.3 Å². The number of thiazole rings is 1. The SMILES string of the molecule is CCCC(=O)NC1CC2(CCCCN2C(=O)Cc2ccc3ncsc3c2)C1. The molecular weight excluding hydrogens is 358 g/mol. The molecule has 0 unspecified atom stereocenters. The normalized spacial score (nSPS) is 24.8. The van der Waals surface area contributed by atoms with Crippen LogP contribution in [0.15, 0.2) is 23.7 Å². The summed E-state index contributed by atoms with van der Waals surface area (Å²) in [7, 11) is 0. The van der Waals surface area contributed by atoms with Gasteiger partial charge >= 0.3 is 0 Å². The van der Waals surface area contributed by atoms with Crippen LogP contribution in [0, 0.1) is 0 Å². The Kier molecular flexibility index (Phi) is 5.17. The number of piperidine rings is 1. The first kappa shape index (κ1) is 18.4. The van der Waals surface area contributed by atoms with Crippen molar-refractivity contribution < 1.29 is 9.59 Å². The average molecular weight is 386 g/mol. The number of carbonyl (C=O) groups is 2. The molecule has 0 radical (unpaired) electrons. The minimum Gasteiger partial charge on any atom is -0.353 e. The van der Waals surface area contributed by atoms with Crippen LogP contribution in [0.5, 0.6) is 0 Å². The Morgan fingerprint density at radius 1 is 1.33 bits per heavy atom. The molecule has 2 aliphatic rings. The molecule has 4 rings (SSSR count). The number of nitrogens with zero attached hydrogens (tertiary/aromatic N) is 2. The van der Waals surface area contributed by atoms with E-state index in [9.17, 15) is 9.59 Å². The van der Waals surface area contributed by atoms with Gasteiger partial charge in [-0.2, -0.15) is 0 Å². The van der Waals surface area contributed by atoms with Gasteiger partial charge in [0.2, 0.25) is 11.8 Å². The van der Waals surface area contributed by atoms with E-state index in [0.29, 0.717) is 12.8 Å². The van der Waals surface area contributed by atoms with Crippen molar-refractivity contribution in [2.45, 2.75) is 69.9 Å². The summed E-state index contributed by atoms with van der Waals surface area (Å²) >= 11 is 1.61. The second-order valence-corrected chi connectivity index (χ2v) is 8.87. The van der Waals surface area contributed by atoms with Gasteiger partial charge < -0.3 is 10.2 Å². The second kappa shape index (κ2) is 7.58. The molecule has 2 fully saturated rings. The highest BCUT2D eigenvalue weighted by Gasteiger charge is 2.51. The third-order valence-electron chi connectivity index (χ3n) is 5.99. The quantitative estimate of drug-likeness (QED) is 0.854. The fourth-order valence-corrected chi connectivity index (χ4v) is 5.42. The van der Waals surface area contributed by atoms with Gasteiger partial charge in [0.1, 0.15) is 0 Å². The number of likely N-dealkylation sites (tertiary alicyclic amines) is 1.